The van der Waals surface area contributed by atoms with Crippen LogP contribution >= 0.6 is 11.3 Å². The van der Waals surface area contributed by atoms with Crippen LogP contribution in [0.4, 0.5) is 0 Å². The molecule has 0 amide bonds. The highest BCUT2D eigenvalue weighted by atomic mass is 32.1. The molecule has 0 bridgehead atoms. The first kappa shape index (κ1) is 18.8. The Bertz CT molecular complexity index is 569. The molecule has 1 heterocycles. The monoisotopic (exact) mass is 347 g/mol. The van der Waals surface area contributed by atoms with Crippen LogP contribution in [-0.2, 0) is 13.2 Å². The van der Waals surface area contributed by atoms with Crippen molar-refractivity contribution in [2.24, 2.45) is 0 Å². The largest absolute Gasteiger partial charge is 0.493 e. The number of nitrogens with one attached hydrogen (secondary N) is 1. The lowest BCUT2D eigenvalue weighted by Gasteiger charge is -2.12. The number of methoxy groups -OCH3 is 1. The Hall–Kier alpha value is -1.52. The third-order valence-corrected chi connectivity index (χ3v) is 4.81. The lowest BCUT2D eigenvalue weighted by atomic mass is 10.1. The maximum atomic E-state index is 5.87. The van der Waals surface area contributed by atoms with Crippen molar-refractivity contribution in [3.63, 3.8) is 0 Å². The minimum Gasteiger partial charge on any atom is -0.493 e. The average molecular weight is 348 g/mol. The number of rotatable bonds is 12. The molecule has 0 aliphatic carbocycles. The van der Waals surface area contributed by atoms with Gasteiger partial charge in [0.2, 0.25) is 0 Å². The molecular weight excluding hydrogens is 318 g/mol. The summed E-state index contributed by atoms with van der Waals surface area (Å²) in [7, 11) is 1.69. The molecule has 0 saturated heterocycles. The summed E-state index contributed by atoms with van der Waals surface area (Å²) in [6.45, 7) is 4.78. The molecule has 2 aromatic rings. The van der Waals surface area contributed by atoms with Gasteiger partial charge in [0, 0.05) is 11.4 Å². The SMILES string of the molecule is CCCCCCCNCc1ccc(OCc2cccs2)c(OC)c1. The number of hydrogen-bond acceptors (Lipinski definition) is 4. The Labute approximate surface area is 150 Å². The first-order valence-corrected chi connectivity index (χ1v) is 9.74. The first-order valence-electron chi connectivity index (χ1n) is 8.86. The highest BCUT2D eigenvalue weighted by Gasteiger charge is 2.06. The average Bonchev–Trinajstić information content (AvgIpc) is 3.13. The zero-order chi connectivity index (χ0) is 17.0. The molecule has 0 fully saturated rings. The molecule has 132 valence electrons. The van der Waals surface area contributed by atoms with Crippen LogP contribution in [0.15, 0.2) is 35.7 Å². The van der Waals surface area contributed by atoms with Crippen LogP contribution in [0, 0.1) is 0 Å². The molecule has 3 nitrogen and oxygen atoms in total. The number of ether oxygens (including phenoxy) is 2. The van der Waals surface area contributed by atoms with Crippen LogP contribution in [0.2, 0.25) is 0 Å². The van der Waals surface area contributed by atoms with Crippen molar-refractivity contribution in [1.29, 1.82) is 0 Å². The molecule has 0 spiro atoms. The maximum absolute atomic E-state index is 5.87. The second-order valence-corrected chi connectivity index (χ2v) is 6.98. The predicted octanol–water partition coefficient (Wildman–Crippen LogP) is 5.40. The van der Waals surface area contributed by atoms with E-state index in [0.717, 1.165) is 24.6 Å². The van der Waals surface area contributed by atoms with Gasteiger partial charge in [-0.05, 0) is 42.1 Å². The third kappa shape index (κ3) is 6.54. The van der Waals surface area contributed by atoms with Gasteiger partial charge in [0.1, 0.15) is 6.61 Å². The summed E-state index contributed by atoms with van der Waals surface area (Å²) in [4.78, 5) is 1.21. The van der Waals surface area contributed by atoms with Crippen LogP contribution in [-0.4, -0.2) is 13.7 Å². The molecule has 0 unspecified atom stereocenters. The fraction of sp³-hybridized carbons (Fsp3) is 0.500. The van der Waals surface area contributed by atoms with E-state index in [9.17, 15) is 0 Å². The van der Waals surface area contributed by atoms with Gasteiger partial charge in [-0.25, -0.2) is 0 Å². The topological polar surface area (TPSA) is 30.5 Å². The highest BCUT2D eigenvalue weighted by molar-refractivity contribution is 7.09. The molecule has 24 heavy (non-hydrogen) atoms. The summed E-state index contributed by atoms with van der Waals surface area (Å²) in [6.07, 6.45) is 6.57. The molecule has 0 aliphatic rings. The van der Waals surface area contributed by atoms with Gasteiger partial charge < -0.3 is 14.8 Å². The summed E-state index contributed by atoms with van der Waals surface area (Å²) < 4.78 is 11.4. The van der Waals surface area contributed by atoms with Crippen LogP contribution in [0.25, 0.3) is 0 Å². The summed E-state index contributed by atoms with van der Waals surface area (Å²) in [6, 6.07) is 10.3. The molecule has 0 atom stereocenters. The number of thiophene rings is 1. The minimum atomic E-state index is 0.587. The van der Waals surface area contributed by atoms with Crippen molar-refractivity contribution in [1.82, 2.24) is 5.32 Å². The summed E-state index contributed by atoms with van der Waals surface area (Å²) in [5, 5.41) is 5.57. The molecule has 4 heteroatoms. The van der Waals surface area contributed by atoms with Crippen molar-refractivity contribution in [3.05, 3.63) is 46.2 Å². The molecule has 1 aromatic heterocycles. The van der Waals surface area contributed by atoms with Crippen molar-refractivity contribution in [2.45, 2.75) is 52.2 Å². The van der Waals surface area contributed by atoms with E-state index >= 15 is 0 Å². The van der Waals surface area contributed by atoms with E-state index < -0.39 is 0 Å². The quantitative estimate of drug-likeness (QED) is 0.522. The van der Waals surface area contributed by atoms with Gasteiger partial charge >= 0.3 is 0 Å². The van der Waals surface area contributed by atoms with Crippen molar-refractivity contribution >= 4 is 11.3 Å². The summed E-state index contributed by atoms with van der Waals surface area (Å²) in [5.74, 6) is 1.60. The van der Waals surface area contributed by atoms with E-state index in [-0.39, 0.29) is 0 Å². The predicted molar refractivity (Wildman–Crippen MR) is 102 cm³/mol. The Morgan fingerprint density at radius 3 is 2.67 bits per heavy atom. The normalized spacial score (nSPS) is 10.8. The van der Waals surface area contributed by atoms with Gasteiger partial charge in [-0.15, -0.1) is 11.3 Å². The summed E-state index contributed by atoms with van der Waals surface area (Å²) in [5.41, 5.74) is 1.23. The number of unbranched alkanes of at least 4 members (excludes halogenated alkanes) is 4. The van der Waals surface area contributed by atoms with Crippen LogP contribution < -0.4 is 14.8 Å². The lowest BCUT2D eigenvalue weighted by Crippen LogP contribution is -2.14. The van der Waals surface area contributed by atoms with Gasteiger partial charge in [-0.2, -0.15) is 0 Å². The van der Waals surface area contributed by atoms with Crippen LogP contribution in [0.1, 0.15) is 49.5 Å². The third-order valence-electron chi connectivity index (χ3n) is 3.96. The van der Waals surface area contributed by atoms with Crippen molar-refractivity contribution in [2.75, 3.05) is 13.7 Å². The van der Waals surface area contributed by atoms with E-state index in [1.165, 1.54) is 42.5 Å². The maximum Gasteiger partial charge on any atom is 0.161 e. The fourth-order valence-corrected chi connectivity index (χ4v) is 3.19. The molecule has 0 radical (unpaired) electrons. The van der Waals surface area contributed by atoms with E-state index in [1.54, 1.807) is 18.4 Å². The Kier molecular flexibility index (Phi) is 8.71. The van der Waals surface area contributed by atoms with Gasteiger partial charge in [-0.3, -0.25) is 0 Å². The first-order chi connectivity index (χ1) is 11.8. The van der Waals surface area contributed by atoms with Gasteiger partial charge in [-0.1, -0.05) is 44.7 Å². The molecular formula is C20H29NO2S. The smallest absolute Gasteiger partial charge is 0.161 e. The lowest BCUT2D eigenvalue weighted by molar-refractivity contribution is 0.287. The molecule has 1 N–H and O–H groups in total. The fourth-order valence-electron chi connectivity index (χ4n) is 2.57. The van der Waals surface area contributed by atoms with E-state index in [0.29, 0.717) is 6.61 Å². The zero-order valence-electron chi connectivity index (χ0n) is 14.8. The number of hydrogen-bond donors (Lipinski definition) is 1. The highest BCUT2D eigenvalue weighted by Crippen LogP contribution is 2.29. The molecule has 0 saturated carbocycles. The Balaban J connectivity index is 1.75. The van der Waals surface area contributed by atoms with Crippen LogP contribution in [0.5, 0.6) is 11.5 Å². The Morgan fingerprint density at radius 1 is 1.04 bits per heavy atom. The van der Waals surface area contributed by atoms with Crippen molar-refractivity contribution in [3.8, 4) is 11.5 Å². The van der Waals surface area contributed by atoms with Gasteiger partial charge in [0.15, 0.2) is 11.5 Å². The van der Waals surface area contributed by atoms with Crippen molar-refractivity contribution < 1.29 is 9.47 Å². The molecule has 1 aromatic carbocycles. The second-order valence-electron chi connectivity index (χ2n) is 5.94. The standard InChI is InChI=1S/C20H29NO2S/c1-3-4-5-6-7-12-21-15-17-10-11-19(20(14-17)22-2)23-16-18-9-8-13-24-18/h8-11,13-14,21H,3-7,12,15-16H2,1-2H3. The summed E-state index contributed by atoms with van der Waals surface area (Å²) >= 11 is 1.70. The van der Waals surface area contributed by atoms with E-state index in [1.807, 2.05) is 12.1 Å². The minimum absolute atomic E-state index is 0.587. The van der Waals surface area contributed by atoms with Gasteiger partial charge in [0.25, 0.3) is 0 Å². The van der Waals surface area contributed by atoms with E-state index in [2.05, 4.69) is 35.8 Å². The molecule has 2 rings (SSSR count). The van der Waals surface area contributed by atoms with E-state index in [4.69, 9.17) is 9.47 Å². The zero-order valence-corrected chi connectivity index (χ0v) is 15.7. The number of benzene rings is 1. The van der Waals surface area contributed by atoms with Crippen LogP contribution in [0.3, 0.4) is 0 Å². The Morgan fingerprint density at radius 2 is 1.92 bits per heavy atom. The molecule has 0 aliphatic heterocycles. The van der Waals surface area contributed by atoms with Gasteiger partial charge in [0.05, 0.1) is 7.11 Å². The second kappa shape index (κ2) is 11.1.